The first kappa shape index (κ1) is 46.6. The van der Waals surface area contributed by atoms with Gasteiger partial charge in [-0.25, -0.2) is 9.36 Å². The molecule has 0 saturated heterocycles. The van der Waals surface area contributed by atoms with Crippen LogP contribution in [0.3, 0.4) is 0 Å². The molecule has 0 atom stereocenters. The number of nitrogens with zero attached hydrogens (tertiary/aromatic N) is 4. The number of halogens is 6. The number of hydrogen-bond acceptors (Lipinski definition) is 10. The van der Waals surface area contributed by atoms with Crippen molar-refractivity contribution in [3.63, 3.8) is 0 Å². The molecule has 0 bridgehead atoms. The zero-order chi connectivity index (χ0) is 28.4. The van der Waals surface area contributed by atoms with E-state index in [0.29, 0.717) is 15.9 Å². The van der Waals surface area contributed by atoms with Crippen molar-refractivity contribution >= 4 is 103 Å². The molecule has 45 heavy (non-hydrogen) atoms. The predicted octanol–water partition coefficient (Wildman–Crippen LogP) is 3.17. The molecule has 0 spiro atoms. The molecule has 4 aromatic rings. The Balaban J connectivity index is -0.00000294. The van der Waals surface area contributed by atoms with Crippen LogP contribution in [-0.2, 0) is 16.6 Å². The molecule has 6 N–H and O–H groups in total. The van der Waals surface area contributed by atoms with Gasteiger partial charge in [0, 0.05) is 30.2 Å². The highest BCUT2D eigenvalue weighted by Gasteiger charge is 2.26. The van der Waals surface area contributed by atoms with E-state index in [1.54, 1.807) is 18.2 Å². The highest BCUT2D eigenvalue weighted by atomic mass is 35.5. The normalized spacial score (nSPS) is 9.76. The van der Waals surface area contributed by atoms with Crippen molar-refractivity contribution in [2.75, 3.05) is 19.6 Å². The standard InChI is InChI=1S/C26H29N7O6.6ClH/c1-14(2)17-9-18(21(39-24(36)13-29)10-20(17)38-23(35)12-28)25-30-33(22(34)11-27)26(37)32(25)16-4-5-19-15(8-16)6-7-31(19)3;;;;;;/h4-10,14H,11-13,27-29H2,1-3H3;6*1H. The van der Waals surface area contributed by atoms with Crippen molar-refractivity contribution in [1.82, 2.24) is 18.9 Å². The average molecular weight is 754 g/mol. The Morgan fingerprint density at radius 2 is 1.40 bits per heavy atom. The van der Waals surface area contributed by atoms with E-state index in [2.05, 4.69) is 5.10 Å². The molecule has 2 heterocycles. The molecule has 0 aliphatic heterocycles. The average Bonchev–Trinajstić information content (AvgIpc) is 3.46. The summed E-state index contributed by atoms with van der Waals surface area (Å²) < 4.78 is 14.7. The minimum Gasteiger partial charge on any atom is -0.425 e. The van der Waals surface area contributed by atoms with E-state index in [-0.39, 0.29) is 110 Å². The van der Waals surface area contributed by atoms with Crippen LogP contribution in [0.1, 0.15) is 30.1 Å². The maximum Gasteiger partial charge on any atom is 0.358 e. The van der Waals surface area contributed by atoms with Gasteiger partial charge in [0.2, 0.25) is 0 Å². The van der Waals surface area contributed by atoms with E-state index in [0.717, 1.165) is 10.9 Å². The predicted molar refractivity (Wildman–Crippen MR) is 186 cm³/mol. The van der Waals surface area contributed by atoms with Crippen molar-refractivity contribution in [1.29, 1.82) is 0 Å². The van der Waals surface area contributed by atoms with Crippen LogP contribution < -0.4 is 32.4 Å². The number of benzene rings is 2. The molecule has 0 amide bonds. The fourth-order valence-corrected chi connectivity index (χ4v) is 4.14. The highest BCUT2D eigenvalue weighted by molar-refractivity contribution is 5.87. The Kier molecular flexibility index (Phi) is 20.3. The molecule has 0 fully saturated rings. The SMILES string of the molecule is CC(C)c1cc(-c2nn(C(=O)CN)c(=O)n2-c2ccc3c(ccn3C)c2)c(OC(=O)CN)cc1OC(=O)CN.Cl.Cl.Cl.Cl.Cl.Cl. The van der Waals surface area contributed by atoms with Gasteiger partial charge in [0.15, 0.2) is 5.82 Å². The minimum atomic E-state index is -0.790. The summed E-state index contributed by atoms with van der Waals surface area (Å²) in [5.41, 5.74) is 17.7. The van der Waals surface area contributed by atoms with Crippen molar-refractivity contribution in [3.8, 4) is 28.6 Å². The molecule has 4 rings (SSSR count). The minimum absolute atomic E-state index is 0. The second-order valence-electron chi connectivity index (χ2n) is 9.02. The molecule has 13 nitrogen and oxygen atoms in total. The Bertz CT molecular complexity index is 1670. The van der Waals surface area contributed by atoms with Gasteiger partial charge in [-0.1, -0.05) is 13.8 Å². The third-order valence-electron chi connectivity index (χ3n) is 6.07. The summed E-state index contributed by atoms with van der Waals surface area (Å²) >= 11 is 0. The van der Waals surface area contributed by atoms with Crippen LogP contribution in [0.4, 0.5) is 0 Å². The number of esters is 2. The van der Waals surface area contributed by atoms with Crippen LogP contribution in [0, 0.1) is 0 Å². The van der Waals surface area contributed by atoms with Crippen molar-refractivity contribution in [2.45, 2.75) is 19.8 Å². The molecule has 2 aromatic carbocycles. The van der Waals surface area contributed by atoms with Gasteiger partial charge in [0.1, 0.15) is 11.5 Å². The summed E-state index contributed by atoms with van der Waals surface area (Å²) in [6.07, 6.45) is 1.88. The van der Waals surface area contributed by atoms with Gasteiger partial charge < -0.3 is 31.2 Å². The molecule has 252 valence electrons. The molecular formula is C26H35Cl6N7O6. The van der Waals surface area contributed by atoms with Crippen molar-refractivity contribution in [2.24, 2.45) is 24.2 Å². The summed E-state index contributed by atoms with van der Waals surface area (Å²) in [6, 6.07) is 10.1. The summed E-state index contributed by atoms with van der Waals surface area (Å²) in [6.45, 7) is 2.44. The van der Waals surface area contributed by atoms with Crippen molar-refractivity contribution < 1.29 is 23.9 Å². The topological polar surface area (TPSA) is 192 Å². The molecular weight excluding hydrogens is 719 g/mol. The second-order valence-corrected chi connectivity index (χ2v) is 9.02. The quantitative estimate of drug-likeness (QED) is 0.178. The first-order valence-electron chi connectivity index (χ1n) is 12.1. The zero-order valence-corrected chi connectivity index (χ0v) is 29.1. The Labute approximate surface area is 295 Å². The van der Waals surface area contributed by atoms with Crippen LogP contribution in [0.2, 0.25) is 0 Å². The lowest BCUT2D eigenvalue weighted by Gasteiger charge is -2.18. The van der Waals surface area contributed by atoms with Gasteiger partial charge in [-0.3, -0.25) is 14.4 Å². The van der Waals surface area contributed by atoms with E-state index >= 15 is 0 Å². The largest absolute Gasteiger partial charge is 0.425 e. The molecule has 0 aliphatic rings. The molecule has 0 unspecified atom stereocenters. The second kappa shape index (κ2) is 19.6. The summed E-state index contributed by atoms with van der Waals surface area (Å²) in [4.78, 5) is 50.4. The number of aryl methyl sites for hydroxylation is 1. The van der Waals surface area contributed by atoms with Gasteiger partial charge in [0.25, 0.3) is 5.91 Å². The fraction of sp³-hybridized carbons (Fsp3) is 0.269. The number of rotatable bonds is 8. The third-order valence-corrected chi connectivity index (χ3v) is 6.07. The van der Waals surface area contributed by atoms with Gasteiger partial charge >= 0.3 is 17.6 Å². The van der Waals surface area contributed by atoms with E-state index in [1.165, 1.54) is 10.6 Å². The van der Waals surface area contributed by atoms with E-state index < -0.39 is 36.6 Å². The first-order valence-corrected chi connectivity index (χ1v) is 12.1. The zero-order valence-electron chi connectivity index (χ0n) is 24.2. The molecule has 19 heteroatoms. The van der Waals surface area contributed by atoms with Crippen LogP contribution in [0.15, 0.2) is 47.4 Å². The molecule has 0 aliphatic carbocycles. The molecule has 0 saturated carbocycles. The van der Waals surface area contributed by atoms with Crippen LogP contribution in [-0.4, -0.2) is 56.4 Å². The lowest BCUT2D eigenvalue weighted by atomic mass is 9.98. The van der Waals surface area contributed by atoms with Gasteiger partial charge in [-0.2, -0.15) is 0 Å². The Morgan fingerprint density at radius 1 is 0.822 bits per heavy atom. The number of carbonyl (C=O) groups excluding carboxylic acids is 3. The van der Waals surface area contributed by atoms with E-state index in [9.17, 15) is 19.2 Å². The fourth-order valence-electron chi connectivity index (χ4n) is 4.14. The van der Waals surface area contributed by atoms with Crippen LogP contribution in [0.5, 0.6) is 11.5 Å². The molecule has 2 aromatic heterocycles. The van der Waals surface area contributed by atoms with Gasteiger partial charge in [-0.15, -0.1) is 84.2 Å². The van der Waals surface area contributed by atoms with Crippen LogP contribution in [0.25, 0.3) is 28.0 Å². The number of ether oxygens (including phenoxy) is 2. The Hall–Kier alpha value is -2.85. The molecule has 0 radical (unpaired) electrons. The number of carbonyl (C=O) groups is 3. The number of fused-ring (bicyclic) bond motifs is 1. The Morgan fingerprint density at radius 3 is 1.93 bits per heavy atom. The van der Waals surface area contributed by atoms with E-state index in [4.69, 9.17) is 26.7 Å². The summed E-state index contributed by atoms with van der Waals surface area (Å²) in [5.74, 6) is -2.39. The van der Waals surface area contributed by atoms with Gasteiger partial charge in [-0.05, 0) is 41.8 Å². The smallest absolute Gasteiger partial charge is 0.358 e. The third kappa shape index (κ3) is 9.58. The number of nitrogens with two attached hydrogens (primary N) is 3. The highest BCUT2D eigenvalue weighted by Crippen LogP contribution is 2.39. The maximum atomic E-state index is 13.5. The number of hydrogen-bond donors (Lipinski definition) is 3. The van der Waals surface area contributed by atoms with Crippen LogP contribution >= 0.6 is 74.4 Å². The first-order chi connectivity index (χ1) is 18.6. The lowest BCUT2D eigenvalue weighted by Crippen LogP contribution is -2.33. The van der Waals surface area contributed by atoms with Gasteiger partial charge in [0.05, 0.1) is 30.9 Å². The van der Waals surface area contributed by atoms with Crippen molar-refractivity contribution in [3.05, 3.63) is 58.6 Å². The number of aromatic nitrogens is 4. The monoisotopic (exact) mass is 751 g/mol. The lowest BCUT2D eigenvalue weighted by molar-refractivity contribution is -0.133. The summed E-state index contributed by atoms with van der Waals surface area (Å²) in [7, 11) is 1.89. The maximum absolute atomic E-state index is 13.5. The van der Waals surface area contributed by atoms with E-state index in [1.807, 2.05) is 43.8 Å². The summed E-state index contributed by atoms with van der Waals surface area (Å²) in [5, 5.41) is 5.14.